The van der Waals surface area contributed by atoms with Crippen molar-refractivity contribution >= 4 is 0 Å². The lowest BCUT2D eigenvalue weighted by atomic mass is 9.88. The predicted octanol–water partition coefficient (Wildman–Crippen LogP) is 2.61. The molecule has 1 saturated heterocycles. The van der Waals surface area contributed by atoms with Gasteiger partial charge in [-0.05, 0) is 62.1 Å². The lowest BCUT2D eigenvalue weighted by molar-refractivity contribution is -0.000907. The van der Waals surface area contributed by atoms with Crippen LogP contribution in [0, 0.1) is 0 Å². The van der Waals surface area contributed by atoms with Gasteiger partial charge in [0.05, 0.1) is 5.60 Å². The van der Waals surface area contributed by atoms with Gasteiger partial charge >= 0.3 is 0 Å². The number of hydrogen-bond acceptors (Lipinski definition) is 2. The minimum atomic E-state index is -0.112. The van der Waals surface area contributed by atoms with Crippen LogP contribution in [0.4, 0.5) is 0 Å². The topological polar surface area (TPSA) is 35.2 Å². The molecule has 2 atom stereocenters. The maximum atomic E-state index is 6.37. The van der Waals surface area contributed by atoms with Crippen LogP contribution < -0.4 is 5.73 Å². The van der Waals surface area contributed by atoms with E-state index in [1.807, 2.05) is 0 Å². The van der Waals surface area contributed by atoms with Crippen molar-refractivity contribution < 1.29 is 4.74 Å². The van der Waals surface area contributed by atoms with Gasteiger partial charge in [-0.2, -0.15) is 0 Å². The summed E-state index contributed by atoms with van der Waals surface area (Å²) in [5.41, 5.74) is 10.7. The number of hydrogen-bond donors (Lipinski definition) is 1. The summed E-state index contributed by atoms with van der Waals surface area (Å²) in [6.07, 6.45) is 6.98. The highest BCUT2D eigenvalue weighted by Gasteiger charge is 2.36. The number of ether oxygens (including phenoxy) is 1. The molecule has 2 heteroatoms. The molecule has 1 aromatic carbocycles. The van der Waals surface area contributed by atoms with Gasteiger partial charge < -0.3 is 10.5 Å². The summed E-state index contributed by atoms with van der Waals surface area (Å²) in [5, 5.41) is 0. The summed E-state index contributed by atoms with van der Waals surface area (Å²) in [4.78, 5) is 0. The van der Waals surface area contributed by atoms with Gasteiger partial charge in [-0.25, -0.2) is 0 Å². The molecule has 98 valence electrons. The van der Waals surface area contributed by atoms with Crippen LogP contribution in [0.1, 0.15) is 42.9 Å². The van der Waals surface area contributed by atoms with Gasteiger partial charge in [0.15, 0.2) is 0 Å². The van der Waals surface area contributed by atoms with Crippen LogP contribution in [-0.4, -0.2) is 18.2 Å². The maximum Gasteiger partial charge on any atom is 0.0808 e. The number of rotatable bonds is 3. The molecule has 2 N–H and O–H groups in total. The van der Waals surface area contributed by atoms with Gasteiger partial charge in [-0.3, -0.25) is 0 Å². The van der Waals surface area contributed by atoms with Crippen LogP contribution in [0.25, 0.3) is 0 Å². The minimum Gasteiger partial charge on any atom is -0.374 e. The predicted molar refractivity (Wildman–Crippen MR) is 73.7 cm³/mol. The van der Waals surface area contributed by atoms with E-state index in [1.165, 1.54) is 36.0 Å². The zero-order valence-electron chi connectivity index (χ0n) is 11.2. The van der Waals surface area contributed by atoms with E-state index in [0.29, 0.717) is 0 Å². The molecule has 2 unspecified atom stereocenters. The van der Waals surface area contributed by atoms with Crippen LogP contribution in [0.5, 0.6) is 0 Å². The molecule has 0 bridgehead atoms. The zero-order chi connectivity index (χ0) is 12.6. The van der Waals surface area contributed by atoms with E-state index < -0.39 is 0 Å². The second-order valence-corrected chi connectivity index (χ2v) is 6.03. The standard InChI is InChI=1S/C16H23NO/c1-16(8-3-9-18-16)15(17)11-12-6-7-13-4-2-5-14(13)10-12/h6-7,10,15H,2-5,8-9,11,17H2,1H3. The highest BCUT2D eigenvalue weighted by atomic mass is 16.5. The van der Waals surface area contributed by atoms with Crippen LogP contribution in [0.3, 0.4) is 0 Å². The molecule has 2 aliphatic rings. The van der Waals surface area contributed by atoms with E-state index in [-0.39, 0.29) is 11.6 Å². The Bertz CT molecular complexity index is 435. The Morgan fingerprint density at radius 2 is 2.11 bits per heavy atom. The molecule has 0 radical (unpaired) electrons. The molecule has 1 aliphatic heterocycles. The van der Waals surface area contributed by atoms with Gasteiger partial charge in [-0.15, -0.1) is 0 Å². The minimum absolute atomic E-state index is 0.111. The summed E-state index contributed by atoms with van der Waals surface area (Å²) >= 11 is 0. The number of fused-ring (bicyclic) bond motifs is 1. The molecular formula is C16H23NO. The molecule has 1 fully saturated rings. The second kappa shape index (κ2) is 4.67. The largest absolute Gasteiger partial charge is 0.374 e. The molecular weight excluding hydrogens is 222 g/mol. The average molecular weight is 245 g/mol. The summed E-state index contributed by atoms with van der Waals surface area (Å²) in [7, 11) is 0. The quantitative estimate of drug-likeness (QED) is 0.888. The molecule has 0 saturated carbocycles. The van der Waals surface area contributed by atoms with Crippen molar-refractivity contribution in [1.82, 2.24) is 0 Å². The first-order chi connectivity index (χ1) is 8.67. The van der Waals surface area contributed by atoms with Gasteiger partial charge in [0.2, 0.25) is 0 Å². The van der Waals surface area contributed by atoms with Crippen molar-refractivity contribution in [3.8, 4) is 0 Å². The lowest BCUT2D eigenvalue weighted by Gasteiger charge is -2.30. The Morgan fingerprint density at radius 1 is 1.28 bits per heavy atom. The van der Waals surface area contributed by atoms with E-state index in [2.05, 4.69) is 25.1 Å². The van der Waals surface area contributed by atoms with Crippen LogP contribution in [0.2, 0.25) is 0 Å². The van der Waals surface area contributed by atoms with Crippen LogP contribution in [-0.2, 0) is 24.0 Å². The third-order valence-corrected chi connectivity index (χ3v) is 4.65. The fourth-order valence-corrected chi connectivity index (χ4v) is 3.32. The summed E-state index contributed by atoms with van der Waals surface area (Å²) in [6, 6.07) is 7.02. The molecule has 1 heterocycles. The Balaban J connectivity index is 1.72. The Morgan fingerprint density at radius 3 is 2.89 bits per heavy atom. The molecule has 2 nitrogen and oxygen atoms in total. The molecule has 3 rings (SSSR count). The normalized spacial score (nSPS) is 28.3. The lowest BCUT2D eigenvalue weighted by Crippen LogP contribution is -2.46. The summed E-state index contributed by atoms with van der Waals surface area (Å²) < 4.78 is 5.84. The first-order valence-corrected chi connectivity index (χ1v) is 7.18. The van der Waals surface area contributed by atoms with Gasteiger partial charge in [0.25, 0.3) is 0 Å². The Hall–Kier alpha value is -0.860. The van der Waals surface area contributed by atoms with Crippen molar-refractivity contribution in [2.45, 2.75) is 57.1 Å². The van der Waals surface area contributed by atoms with Crippen LogP contribution >= 0.6 is 0 Å². The van der Waals surface area contributed by atoms with Crippen molar-refractivity contribution in [2.75, 3.05) is 6.61 Å². The fourth-order valence-electron chi connectivity index (χ4n) is 3.32. The molecule has 0 amide bonds. The van der Waals surface area contributed by atoms with Gasteiger partial charge in [-0.1, -0.05) is 18.2 Å². The van der Waals surface area contributed by atoms with Crippen molar-refractivity contribution in [3.05, 3.63) is 34.9 Å². The molecule has 18 heavy (non-hydrogen) atoms. The Labute approximate surface area is 110 Å². The smallest absolute Gasteiger partial charge is 0.0808 e. The number of nitrogens with two attached hydrogens (primary N) is 1. The van der Waals surface area contributed by atoms with E-state index >= 15 is 0 Å². The summed E-state index contributed by atoms with van der Waals surface area (Å²) in [6.45, 7) is 3.03. The molecule has 1 aliphatic carbocycles. The number of benzene rings is 1. The van der Waals surface area contributed by atoms with Crippen molar-refractivity contribution in [3.63, 3.8) is 0 Å². The zero-order valence-corrected chi connectivity index (χ0v) is 11.2. The monoisotopic (exact) mass is 245 g/mol. The van der Waals surface area contributed by atoms with Crippen molar-refractivity contribution in [2.24, 2.45) is 5.73 Å². The fraction of sp³-hybridized carbons (Fsp3) is 0.625. The van der Waals surface area contributed by atoms with E-state index in [0.717, 1.165) is 25.9 Å². The Kier molecular flexibility index (Phi) is 3.16. The first kappa shape index (κ1) is 12.2. The van der Waals surface area contributed by atoms with Crippen LogP contribution in [0.15, 0.2) is 18.2 Å². The number of aryl methyl sites for hydroxylation is 2. The first-order valence-electron chi connectivity index (χ1n) is 7.18. The highest BCUT2D eigenvalue weighted by Crippen LogP contribution is 2.30. The maximum absolute atomic E-state index is 6.37. The third kappa shape index (κ3) is 2.19. The van der Waals surface area contributed by atoms with E-state index in [1.54, 1.807) is 0 Å². The van der Waals surface area contributed by atoms with E-state index in [4.69, 9.17) is 10.5 Å². The second-order valence-electron chi connectivity index (χ2n) is 6.03. The van der Waals surface area contributed by atoms with Crippen molar-refractivity contribution in [1.29, 1.82) is 0 Å². The molecule has 0 aromatic heterocycles. The SMILES string of the molecule is CC1(C(N)Cc2ccc3c(c2)CCC3)CCCO1. The molecule has 0 spiro atoms. The van der Waals surface area contributed by atoms with Gasteiger partial charge in [0, 0.05) is 12.6 Å². The molecule has 1 aromatic rings. The average Bonchev–Trinajstić information content (AvgIpc) is 2.98. The van der Waals surface area contributed by atoms with E-state index in [9.17, 15) is 0 Å². The summed E-state index contributed by atoms with van der Waals surface area (Å²) in [5.74, 6) is 0. The third-order valence-electron chi connectivity index (χ3n) is 4.65. The highest BCUT2D eigenvalue weighted by molar-refractivity contribution is 5.35. The van der Waals surface area contributed by atoms with Gasteiger partial charge in [0.1, 0.15) is 0 Å².